The smallest absolute Gasteiger partial charge is 0.280 e. The Labute approximate surface area is 392 Å². The van der Waals surface area contributed by atoms with Crippen molar-refractivity contribution in [2.45, 2.75) is 42.5 Å². The van der Waals surface area contributed by atoms with Gasteiger partial charge in [-0.3, -0.25) is 23.8 Å². The van der Waals surface area contributed by atoms with E-state index in [0.717, 1.165) is 42.6 Å². The van der Waals surface area contributed by atoms with Crippen LogP contribution in [0.25, 0.3) is 11.2 Å². The van der Waals surface area contributed by atoms with Crippen molar-refractivity contribution >= 4 is 59.2 Å². The highest BCUT2D eigenvalue weighted by molar-refractivity contribution is 8.53. The number of nitrogens with one attached hydrogen (secondary N) is 1. The van der Waals surface area contributed by atoms with Crippen molar-refractivity contribution in [2.75, 3.05) is 66.1 Å². The van der Waals surface area contributed by atoms with Crippen molar-refractivity contribution in [1.29, 1.82) is 0 Å². The number of carbonyl (C=O) groups excluding carboxylic acids is 1. The highest BCUT2D eigenvalue weighted by Crippen LogP contribution is 2.61. The van der Waals surface area contributed by atoms with Gasteiger partial charge in [-0.1, -0.05) is 108 Å². The quantitative estimate of drug-likeness (QED) is 0.0274. The monoisotopic (exact) mass is 949 g/mol. The molecule has 5 atom stereocenters. The van der Waals surface area contributed by atoms with Gasteiger partial charge in [-0.15, -0.1) is 0 Å². The molecule has 3 aliphatic heterocycles. The van der Waals surface area contributed by atoms with Crippen molar-refractivity contribution in [3.05, 3.63) is 148 Å². The number of aromatic nitrogens is 4. The molecule has 0 amide bonds. The van der Waals surface area contributed by atoms with Crippen LogP contribution in [0.3, 0.4) is 0 Å². The van der Waals surface area contributed by atoms with Gasteiger partial charge in [0.25, 0.3) is 5.56 Å². The van der Waals surface area contributed by atoms with Gasteiger partial charge in [0.2, 0.25) is 11.1 Å². The Morgan fingerprint density at radius 1 is 0.924 bits per heavy atom. The van der Waals surface area contributed by atoms with E-state index >= 15 is 0 Å². The molecule has 5 heterocycles. The van der Waals surface area contributed by atoms with Crippen LogP contribution in [0.5, 0.6) is 11.5 Å². The molecule has 2 aromatic heterocycles. The predicted octanol–water partition coefficient (Wildman–Crippen LogP) is 8.05. The normalized spacial score (nSPS) is 21.2. The Balaban J connectivity index is 1.10. The van der Waals surface area contributed by atoms with Gasteiger partial charge in [-0.05, 0) is 53.8 Å². The predicted molar refractivity (Wildman–Crippen MR) is 259 cm³/mol. The summed E-state index contributed by atoms with van der Waals surface area (Å²) in [7, 11) is 5.71. The number of hydrogen-bond donors (Lipinski definition) is 1. The molecular weight excluding hydrogens is 898 g/mol. The van der Waals surface area contributed by atoms with Gasteiger partial charge in [0, 0.05) is 44.3 Å². The van der Waals surface area contributed by atoms with E-state index in [1.165, 1.54) is 11.8 Å². The molecular formula is C48H52N7O8PS2. The van der Waals surface area contributed by atoms with Crippen LogP contribution in [0.2, 0.25) is 0 Å². The molecule has 3 saturated heterocycles. The Bertz CT molecular complexity index is 2620. The van der Waals surface area contributed by atoms with Gasteiger partial charge in [-0.25, -0.2) is 9.98 Å². The minimum absolute atomic E-state index is 0.0336. The van der Waals surface area contributed by atoms with Crippen molar-refractivity contribution in [3.63, 3.8) is 0 Å². The van der Waals surface area contributed by atoms with E-state index in [2.05, 4.69) is 31.8 Å². The van der Waals surface area contributed by atoms with Crippen molar-refractivity contribution < 1.29 is 33.0 Å². The fourth-order valence-corrected chi connectivity index (χ4v) is 13.9. The highest BCUT2D eigenvalue weighted by Gasteiger charge is 2.65. The summed E-state index contributed by atoms with van der Waals surface area (Å²) in [6.45, 7) is 1.99. The fraction of sp³-hybridized carbons (Fsp3) is 0.354. The molecule has 3 fully saturated rings. The highest BCUT2D eigenvalue weighted by atomic mass is 32.7. The Hall–Kier alpha value is -5.10. The van der Waals surface area contributed by atoms with Crippen LogP contribution in [-0.2, 0) is 24.3 Å². The number of H-pyrrole nitrogens is 1. The van der Waals surface area contributed by atoms with Crippen LogP contribution in [0, 0.1) is 0 Å². The first-order valence-corrected chi connectivity index (χ1v) is 25.5. The van der Waals surface area contributed by atoms with E-state index < -0.39 is 42.7 Å². The lowest BCUT2D eigenvalue weighted by Crippen LogP contribution is -2.49. The summed E-state index contributed by atoms with van der Waals surface area (Å²) >= 11 is 3.05. The number of aromatic amines is 1. The van der Waals surface area contributed by atoms with Gasteiger partial charge in [-0.2, -0.15) is 4.98 Å². The van der Waals surface area contributed by atoms with Gasteiger partial charge in [0.1, 0.15) is 34.9 Å². The second-order valence-corrected chi connectivity index (χ2v) is 21.0. The SMILES string of the molecule is COc1ccc(C(OC[C@@]23CO[C@@H]([C@H](n4cnc5c(=O)[nH]c(/N=C/N(C)C)nc54)O2)[C@@H]3OP(SCCSC(=O)c2ccccc2)N2CCCC2)(c2ccccc2)c2ccc(OC)cc2)cc1. The molecule has 4 aromatic carbocycles. The van der Waals surface area contributed by atoms with E-state index in [0.29, 0.717) is 34.2 Å². The Morgan fingerprint density at radius 2 is 1.56 bits per heavy atom. The second kappa shape index (κ2) is 20.4. The molecule has 0 spiro atoms. The van der Waals surface area contributed by atoms with Crippen molar-refractivity contribution in [2.24, 2.45) is 4.99 Å². The van der Waals surface area contributed by atoms with Crippen LogP contribution in [0.15, 0.2) is 125 Å². The number of benzene rings is 4. The summed E-state index contributed by atoms with van der Waals surface area (Å²) in [6.07, 6.45) is 3.18. The minimum atomic E-state index is -1.25. The lowest BCUT2D eigenvalue weighted by Gasteiger charge is -2.40. The molecule has 66 heavy (non-hydrogen) atoms. The Morgan fingerprint density at radius 3 is 2.20 bits per heavy atom. The number of carbonyl (C=O) groups is 1. The van der Waals surface area contributed by atoms with Gasteiger partial charge >= 0.3 is 0 Å². The maximum Gasteiger partial charge on any atom is 0.280 e. The van der Waals surface area contributed by atoms with Crippen LogP contribution < -0.4 is 15.0 Å². The molecule has 9 rings (SSSR count). The molecule has 3 aliphatic rings. The Kier molecular flexibility index (Phi) is 14.2. The maximum absolute atomic E-state index is 13.4. The number of fused-ring (bicyclic) bond motifs is 3. The number of hydrogen-bond acceptors (Lipinski definition) is 14. The van der Waals surface area contributed by atoms with E-state index in [9.17, 15) is 9.59 Å². The zero-order valence-electron chi connectivity index (χ0n) is 37.1. The third kappa shape index (κ3) is 9.40. The average molecular weight is 950 g/mol. The summed E-state index contributed by atoms with van der Waals surface area (Å²) < 4.78 is 44.4. The molecule has 0 radical (unpaired) electrons. The minimum Gasteiger partial charge on any atom is -0.497 e. The van der Waals surface area contributed by atoms with Crippen LogP contribution in [0.1, 0.15) is 46.1 Å². The zero-order chi connectivity index (χ0) is 45.7. The van der Waals surface area contributed by atoms with Crippen molar-refractivity contribution in [1.82, 2.24) is 29.1 Å². The fourth-order valence-electron chi connectivity index (χ4n) is 8.56. The maximum atomic E-state index is 13.4. The molecule has 0 aliphatic carbocycles. The van der Waals surface area contributed by atoms with E-state index in [1.54, 1.807) is 47.7 Å². The molecule has 0 saturated carbocycles. The summed E-state index contributed by atoms with van der Waals surface area (Å²) in [5.41, 5.74) is 1.01. The van der Waals surface area contributed by atoms with Crippen LogP contribution >= 0.6 is 30.6 Å². The molecule has 1 unspecified atom stereocenters. The van der Waals surface area contributed by atoms with E-state index in [1.807, 2.05) is 111 Å². The molecule has 18 heteroatoms. The standard InChI is InChI=1S/C48H52N7O8PS2/c1-53(2)31-50-46-51-42-39(43(56)52-46)49-32-55(42)44-40-41(63-64(54-25-11-12-26-54)66-28-27-65-45(57)33-13-7-5-8-14-33)47(62-44,29-60-40)30-61-48(34-15-9-6-10-16-34,35-17-21-37(58-3)22-18-35)36-19-23-38(59-4)24-20-36/h5-10,13-24,31-32,40-41,44H,11-12,25-30H2,1-4H3,(H,51,52,56)/b50-31+/t40-,41+,44-,47-,64?/m1/s1. The van der Waals surface area contributed by atoms with E-state index in [4.69, 9.17) is 33.2 Å². The van der Waals surface area contributed by atoms with Crippen LogP contribution in [0.4, 0.5) is 5.95 Å². The van der Waals surface area contributed by atoms with Crippen molar-refractivity contribution in [3.8, 4) is 11.5 Å². The number of thioether (sulfide) groups is 1. The largest absolute Gasteiger partial charge is 0.497 e. The molecule has 1 N–H and O–H groups in total. The number of aliphatic imine (C=N–C) groups is 1. The summed E-state index contributed by atoms with van der Waals surface area (Å²) in [4.78, 5) is 44.5. The number of ether oxygens (including phenoxy) is 5. The topological polar surface area (TPSA) is 155 Å². The summed E-state index contributed by atoms with van der Waals surface area (Å²) in [5, 5.41) is 0.0448. The number of rotatable bonds is 19. The first kappa shape index (κ1) is 46.0. The summed E-state index contributed by atoms with van der Waals surface area (Å²) in [5.74, 6) is 2.86. The third-order valence-electron chi connectivity index (χ3n) is 11.8. The van der Waals surface area contributed by atoms with Crippen LogP contribution in [-0.4, -0.2) is 124 Å². The third-order valence-corrected chi connectivity index (χ3v) is 17.0. The molecule has 2 bridgehead atoms. The number of methoxy groups -OCH3 is 2. The molecule has 344 valence electrons. The van der Waals surface area contributed by atoms with Gasteiger partial charge < -0.3 is 33.1 Å². The molecule has 15 nitrogen and oxygen atoms in total. The van der Waals surface area contributed by atoms with Gasteiger partial charge in [0.15, 0.2) is 24.9 Å². The van der Waals surface area contributed by atoms with Gasteiger partial charge in [0.05, 0.1) is 40.1 Å². The first-order valence-electron chi connectivity index (χ1n) is 21.7. The lowest BCUT2D eigenvalue weighted by atomic mass is 9.79. The number of imidazole rings is 1. The average Bonchev–Trinajstić information content (AvgIpc) is 4.17. The lowest BCUT2D eigenvalue weighted by molar-refractivity contribution is -0.201. The summed E-state index contributed by atoms with van der Waals surface area (Å²) in [6, 6.07) is 35.3. The second-order valence-electron chi connectivity index (χ2n) is 16.3. The number of nitrogens with zero attached hydrogens (tertiary/aromatic N) is 6. The van der Waals surface area contributed by atoms with E-state index in [-0.39, 0.29) is 29.8 Å². The first-order chi connectivity index (χ1) is 32.2. The zero-order valence-corrected chi connectivity index (χ0v) is 39.7. The molecule has 6 aromatic rings.